The van der Waals surface area contributed by atoms with E-state index in [9.17, 15) is 4.55 Å². The van der Waals surface area contributed by atoms with Gasteiger partial charge in [0.2, 0.25) is 0 Å². The molecular weight excluding hydrogens is 330 g/mol. The van der Waals surface area contributed by atoms with Crippen LogP contribution in [0.15, 0.2) is 22.9 Å². The summed E-state index contributed by atoms with van der Waals surface area (Å²) in [6.45, 7) is 14.9. The van der Waals surface area contributed by atoms with Gasteiger partial charge in [-0.2, -0.15) is 0 Å². The first-order valence-electron chi connectivity index (χ1n) is 9.22. The van der Waals surface area contributed by atoms with E-state index >= 15 is 0 Å². The zero-order valence-corrected chi connectivity index (χ0v) is 17.2. The summed E-state index contributed by atoms with van der Waals surface area (Å²) in [6.07, 6.45) is 6.92. The second-order valence-electron chi connectivity index (χ2n) is 9.45. The van der Waals surface area contributed by atoms with Crippen LogP contribution in [0.5, 0.6) is 0 Å². The van der Waals surface area contributed by atoms with Crippen LogP contribution in [0, 0.1) is 5.41 Å². The molecule has 1 saturated heterocycles. The van der Waals surface area contributed by atoms with Crippen LogP contribution in [-0.4, -0.2) is 43.5 Å². The lowest BCUT2D eigenvalue weighted by Gasteiger charge is -2.45. The first-order valence-corrected chi connectivity index (χ1v) is 10.3. The topological polar surface area (TPSA) is 51.5 Å². The number of pyridine rings is 1. The molecule has 0 bridgehead atoms. The zero-order chi connectivity index (χ0) is 18.5. The lowest BCUT2D eigenvalue weighted by atomic mass is 9.74. The second-order valence-corrected chi connectivity index (χ2v) is 11.4. The molecule has 0 unspecified atom stereocenters. The van der Waals surface area contributed by atoms with Gasteiger partial charge in [-0.1, -0.05) is 4.40 Å². The van der Waals surface area contributed by atoms with Gasteiger partial charge in [-0.05, 0) is 85.5 Å². The van der Waals surface area contributed by atoms with Crippen LogP contribution in [0.25, 0.3) is 0 Å². The standard InChI is InChI=1S/C20H31N3OS/c1-18(2,3)23-11-8-20(9-12-23)13-15-7-10-21-14-16(15)17(20)22-25(24)19(4,5)6/h7,10,14H,8-9,11-13H2,1-6H3/t25-/m1/s1. The molecular formula is C20H31N3OS. The van der Waals surface area contributed by atoms with E-state index in [1.165, 1.54) is 5.56 Å². The summed E-state index contributed by atoms with van der Waals surface area (Å²) in [5, 5.41) is 0. The van der Waals surface area contributed by atoms with E-state index in [1.807, 2.05) is 33.2 Å². The lowest BCUT2D eigenvalue weighted by Crippen LogP contribution is -2.50. The number of piperidine rings is 1. The van der Waals surface area contributed by atoms with Crippen LogP contribution in [0.1, 0.15) is 65.5 Å². The molecule has 0 amide bonds. The molecule has 2 aliphatic rings. The maximum absolute atomic E-state index is 12.8. The number of likely N-dealkylation sites (tertiary alicyclic amines) is 1. The summed E-state index contributed by atoms with van der Waals surface area (Å²) >= 11 is -1.24. The predicted molar refractivity (Wildman–Crippen MR) is 105 cm³/mol. The van der Waals surface area contributed by atoms with Crippen LogP contribution in [-0.2, 0) is 17.8 Å². The molecule has 1 aliphatic carbocycles. The molecule has 2 heterocycles. The Labute approximate surface area is 155 Å². The van der Waals surface area contributed by atoms with Crippen LogP contribution in [0.2, 0.25) is 0 Å². The van der Waals surface area contributed by atoms with Crippen molar-refractivity contribution in [2.24, 2.45) is 9.81 Å². The predicted octanol–water partition coefficient (Wildman–Crippen LogP) is 3.77. The van der Waals surface area contributed by atoms with Gasteiger partial charge in [0.25, 0.3) is 0 Å². The summed E-state index contributed by atoms with van der Waals surface area (Å²) in [6, 6.07) is 2.11. The van der Waals surface area contributed by atoms with E-state index in [0.717, 1.165) is 43.6 Å². The van der Waals surface area contributed by atoms with Crippen molar-refractivity contribution in [2.75, 3.05) is 13.1 Å². The van der Waals surface area contributed by atoms with Crippen molar-refractivity contribution in [1.82, 2.24) is 9.88 Å². The highest BCUT2D eigenvalue weighted by molar-refractivity contribution is 7.91. The minimum absolute atomic E-state index is 0.0219. The van der Waals surface area contributed by atoms with Crippen molar-refractivity contribution in [3.63, 3.8) is 0 Å². The smallest absolute Gasteiger partial charge is 0.144 e. The largest absolute Gasteiger partial charge is 0.591 e. The number of rotatable bonds is 1. The van der Waals surface area contributed by atoms with Gasteiger partial charge >= 0.3 is 0 Å². The maximum atomic E-state index is 12.8. The molecule has 25 heavy (non-hydrogen) atoms. The molecule has 3 rings (SSSR count). The minimum Gasteiger partial charge on any atom is -0.591 e. The first-order chi connectivity index (χ1) is 11.5. The second kappa shape index (κ2) is 6.36. The van der Waals surface area contributed by atoms with Gasteiger partial charge in [0.1, 0.15) is 21.8 Å². The quantitative estimate of drug-likeness (QED) is 0.716. The van der Waals surface area contributed by atoms with Gasteiger partial charge in [-0.25, -0.2) is 0 Å². The van der Waals surface area contributed by atoms with Crippen molar-refractivity contribution in [3.05, 3.63) is 29.6 Å². The molecule has 1 fully saturated rings. The van der Waals surface area contributed by atoms with Crippen molar-refractivity contribution in [3.8, 4) is 0 Å². The van der Waals surface area contributed by atoms with Gasteiger partial charge in [0.05, 0.1) is 0 Å². The van der Waals surface area contributed by atoms with Gasteiger partial charge in [0, 0.05) is 28.9 Å². The Balaban J connectivity index is 1.96. The Bertz CT molecular complexity index is 664. The Morgan fingerprint density at radius 3 is 2.36 bits per heavy atom. The lowest BCUT2D eigenvalue weighted by molar-refractivity contribution is 0.0721. The third-order valence-electron chi connectivity index (χ3n) is 5.56. The third kappa shape index (κ3) is 3.64. The Hall–Kier alpha value is -0.910. The minimum atomic E-state index is -1.24. The summed E-state index contributed by atoms with van der Waals surface area (Å²) in [5.74, 6) is 0. The Morgan fingerprint density at radius 2 is 1.80 bits per heavy atom. The molecule has 1 aliphatic heterocycles. The fourth-order valence-corrected chi connectivity index (χ4v) is 4.64. The fraction of sp³-hybridized carbons (Fsp3) is 0.700. The van der Waals surface area contributed by atoms with Gasteiger partial charge in [0.15, 0.2) is 0 Å². The molecule has 0 radical (unpaired) electrons. The number of nitrogens with zero attached hydrogens (tertiary/aromatic N) is 3. The SMILES string of the molecule is CC(C)(C)N1CCC2(CC1)Cc1ccncc1C2=N[S@+]([O-])C(C)(C)C. The number of hydrogen-bond donors (Lipinski definition) is 0. The molecule has 1 spiro atoms. The van der Waals surface area contributed by atoms with Crippen LogP contribution >= 0.6 is 0 Å². The van der Waals surface area contributed by atoms with E-state index in [1.54, 1.807) is 0 Å². The summed E-state index contributed by atoms with van der Waals surface area (Å²) < 4.78 is 17.2. The molecule has 0 saturated carbocycles. The van der Waals surface area contributed by atoms with Crippen LogP contribution in [0.3, 0.4) is 0 Å². The average molecular weight is 362 g/mol. The van der Waals surface area contributed by atoms with Gasteiger partial charge in [-0.15, -0.1) is 0 Å². The van der Waals surface area contributed by atoms with E-state index in [2.05, 4.69) is 36.7 Å². The highest BCUT2D eigenvalue weighted by Gasteiger charge is 2.48. The van der Waals surface area contributed by atoms with Crippen LogP contribution in [0.4, 0.5) is 0 Å². The highest BCUT2D eigenvalue weighted by atomic mass is 32.2. The maximum Gasteiger partial charge on any atom is 0.144 e. The van der Waals surface area contributed by atoms with E-state index in [-0.39, 0.29) is 15.7 Å². The normalized spacial score (nSPS) is 23.9. The molecule has 0 N–H and O–H groups in total. The zero-order valence-electron chi connectivity index (χ0n) is 16.4. The number of aromatic nitrogens is 1. The molecule has 5 heteroatoms. The fourth-order valence-electron chi connectivity index (χ4n) is 3.91. The number of hydrogen-bond acceptors (Lipinski definition) is 4. The molecule has 138 valence electrons. The molecule has 1 atom stereocenters. The van der Waals surface area contributed by atoms with Crippen molar-refractivity contribution >= 4 is 17.1 Å². The summed E-state index contributed by atoms with van der Waals surface area (Å²) in [5.41, 5.74) is 3.68. The van der Waals surface area contributed by atoms with Gasteiger partial charge < -0.3 is 4.55 Å². The molecule has 4 nitrogen and oxygen atoms in total. The van der Waals surface area contributed by atoms with Gasteiger partial charge in [-0.3, -0.25) is 9.88 Å². The van der Waals surface area contributed by atoms with E-state index < -0.39 is 11.4 Å². The third-order valence-corrected chi connectivity index (χ3v) is 6.96. The average Bonchev–Trinajstić information content (AvgIpc) is 2.79. The van der Waals surface area contributed by atoms with Crippen LogP contribution < -0.4 is 0 Å². The van der Waals surface area contributed by atoms with E-state index in [4.69, 9.17) is 4.40 Å². The van der Waals surface area contributed by atoms with Crippen molar-refractivity contribution in [2.45, 2.75) is 71.1 Å². The summed E-state index contributed by atoms with van der Waals surface area (Å²) in [4.78, 5) is 6.87. The molecule has 1 aromatic heterocycles. The van der Waals surface area contributed by atoms with Crippen molar-refractivity contribution in [1.29, 1.82) is 0 Å². The Morgan fingerprint density at radius 1 is 1.16 bits per heavy atom. The van der Waals surface area contributed by atoms with E-state index in [0.29, 0.717) is 0 Å². The van der Waals surface area contributed by atoms with Crippen molar-refractivity contribution < 1.29 is 4.55 Å². The Kier molecular flexibility index (Phi) is 4.80. The summed E-state index contributed by atoms with van der Waals surface area (Å²) in [7, 11) is 0. The highest BCUT2D eigenvalue weighted by Crippen LogP contribution is 2.46. The molecule has 0 aromatic carbocycles. The molecule has 1 aromatic rings. The number of fused-ring (bicyclic) bond motifs is 1. The monoisotopic (exact) mass is 361 g/mol. The first kappa shape index (κ1) is 18.9.